The number of nitrogens with zero attached hydrogens (tertiary/aromatic N) is 1. The summed E-state index contributed by atoms with van der Waals surface area (Å²) in [6.07, 6.45) is -1.67. The highest BCUT2D eigenvalue weighted by atomic mass is 16.6. The first kappa shape index (κ1) is 14.0. The van der Waals surface area contributed by atoms with Gasteiger partial charge in [0.25, 0.3) is 5.91 Å². The molecule has 1 aliphatic heterocycles. The smallest absolute Gasteiger partial charge is 0.416 e. The Morgan fingerprint density at radius 3 is 2.60 bits per heavy atom. The Kier molecular flexibility index (Phi) is 4.34. The van der Waals surface area contributed by atoms with Crippen LogP contribution in [0.15, 0.2) is 30.3 Å². The Morgan fingerprint density at radius 2 is 2.05 bits per heavy atom. The van der Waals surface area contributed by atoms with Crippen LogP contribution in [0.4, 0.5) is 4.79 Å². The van der Waals surface area contributed by atoms with Crippen molar-refractivity contribution < 1.29 is 23.9 Å². The van der Waals surface area contributed by atoms with Gasteiger partial charge >= 0.3 is 12.1 Å². The Balaban J connectivity index is 2.24. The van der Waals surface area contributed by atoms with E-state index in [1.54, 1.807) is 37.3 Å². The molecule has 1 aromatic rings. The minimum atomic E-state index is -1.12. The Hall–Kier alpha value is -2.37. The largest absolute Gasteiger partial charge is 0.447 e. The van der Waals surface area contributed by atoms with Gasteiger partial charge in [-0.2, -0.15) is 0 Å². The molecule has 1 saturated heterocycles. The molecule has 2 amide bonds. The van der Waals surface area contributed by atoms with Gasteiger partial charge in [0.15, 0.2) is 0 Å². The third-order valence-corrected chi connectivity index (χ3v) is 2.89. The quantitative estimate of drug-likeness (QED) is 0.782. The normalized spacial score (nSPS) is 15.7. The second-order valence-electron chi connectivity index (χ2n) is 4.24. The van der Waals surface area contributed by atoms with E-state index in [1.165, 1.54) is 0 Å². The molecule has 106 valence electrons. The number of rotatable bonds is 4. The van der Waals surface area contributed by atoms with Gasteiger partial charge in [0, 0.05) is 12.0 Å². The number of esters is 1. The van der Waals surface area contributed by atoms with Crippen molar-refractivity contribution in [3.05, 3.63) is 35.9 Å². The van der Waals surface area contributed by atoms with E-state index in [9.17, 15) is 14.4 Å². The molecular formula is C14H15NO5. The van der Waals surface area contributed by atoms with E-state index in [0.29, 0.717) is 5.56 Å². The van der Waals surface area contributed by atoms with Gasteiger partial charge in [-0.3, -0.25) is 9.59 Å². The number of imide groups is 1. The number of hydrogen-bond acceptors (Lipinski definition) is 5. The van der Waals surface area contributed by atoms with Crippen molar-refractivity contribution in [2.24, 2.45) is 0 Å². The molecule has 1 aliphatic rings. The van der Waals surface area contributed by atoms with Crippen molar-refractivity contribution in [1.29, 1.82) is 0 Å². The number of ether oxygens (including phenoxy) is 2. The van der Waals surface area contributed by atoms with E-state index in [4.69, 9.17) is 9.47 Å². The average molecular weight is 277 g/mol. The van der Waals surface area contributed by atoms with Crippen LogP contribution in [0.1, 0.15) is 25.0 Å². The summed E-state index contributed by atoms with van der Waals surface area (Å²) in [4.78, 5) is 36.3. The number of cyclic esters (lactones) is 1. The summed E-state index contributed by atoms with van der Waals surface area (Å²) in [5.41, 5.74) is 0.527. The number of carbonyl (C=O) groups excluding carboxylic acids is 3. The number of hydrogen-bond donors (Lipinski definition) is 0. The molecule has 20 heavy (non-hydrogen) atoms. The van der Waals surface area contributed by atoms with Crippen LogP contribution in [-0.4, -0.2) is 36.0 Å². The predicted octanol–water partition coefficient (Wildman–Crippen LogP) is 1.66. The van der Waals surface area contributed by atoms with Gasteiger partial charge in [-0.25, -0.2) is 9.69 Å². The predicted molar refractivity (Wildman–Crippen MR) is 68.6 cm³/mol. The van der Waals surface area contributed by atoms with E-state index in [1.807, 2.05) is 0 Å². The standard InChI is InChI=1S/C14H15NO5/c1-2-11(16)20-12(10-6-4-3-5-7-10)13(17)15-8-9-19-14(15)18/h3-7,12H,2,8-9H2,1H3. The topological polar surface area (TPSA) is 72.9 Å². The Morgan fingerprint density at radius 1 is 1.35 bits per heavy atom. The van der Waals surface area contributed by atoms with Gasteiger partial charge in [0.1, 0.15) is 6.61 Å². The molecule has 1 fully saturated rings. The molecule has 1 atom stereocenters. The van der Waals surface area contributed by atoms with E-state index in [2.05, 4.69) is 0 Å². The maximum Gasteiger partial charge on any atom is 0.416 e. The lowest BCUT2D eigenvalue weighted by Crippen LogP contribution is -2.37. The monoisotopic (exact) mass is 277 g/mol. The summed E-state index contributed by atoms with van der Waals surface area (Å²) in [5, 5.41) is 0. The summed E-state index contributed by atoms with van der Waals surface area (Å²) >= 11 is 0. The first-order valence-corrected chi connectivity index (χ1v) is 6.36. The Bertz CT molecular complexity index is 514. The molecule has 1 heterocycles. The molecule has 0 spiro atoms. The zero-order chi connectivity index (χ0) is 14.5. The van der Waals surface area contributed by atoms with Gasteiger partial charge in [-0.05, 0) is 0 Å². The van der Waals surface area contributed by atoms with Gasteiger partial charge in [0.05, 0.1) is 6.54 Å². The van der Waals surface area contributed by atoms with Crippen LogP contribution >= 0.6 is 0 Å². The molecule has 0 saturated carbocycles. The fraction of sp³-hybridized carbons (Fsp3) is 0.357. The van der Waals surface area contributed by atoms with Crippen LogP contribution in [0.25, 0.3) is 0 Å². The van der Waals surface area contributed by atoms with Crippen LogP contribution in [-0.2, 0) is 19.1 Å². The maximum atomic E-state index is 12.4. The van der Waals surface area contributed by atoms with Crippen LogP contribution in [0.2, 0.25) is 0 Å². The lowest BCUT2D eigenvalue weighted by atomic mass is 10.1. The fourth-order valence-electron chi connectivity index (χ4n) is 1.84. The number of carbonyl (C=O) groups is 3. The highest BCUT2D eigenvalue weighted by Crippen LogP contribution is 2.22. The zero-order valence-corrected chi connectivity index (χ0v) is 11.1. The Labute approximate surface area is 116 Å². The van der Waals surface area contributed by atoms with Gasteiger partial charge in [0.2, 0.25) is 6.10 Å². The molecule has 0 radical (unpaired) electrons. The second kappa shape index (κ2) is 6.18. The first-order chi connectivity index (χ1) is 9.63. The molecule has 6 nitrogen and oxygen atoms in total. The molecule has 2 rings (SSSR count). The zero-order valence-electron chi connectivity index (χ0n) is 11.1. The summed E-state index contributed by atoms with van der Waals surface area (Å²) in [7, 11) is 0. The van der Waals surface area contributed by atoms with E-state index in [0.717, 1.165) is 4.90 Å². The first-order valence-electron chi connectivity index (χ1n) is 6.36. The number of benzene rings is 1. The minimum Gasteiger partial charge on any atom is -0.447 e. The highest BCUT2D eigenvalue weighted by Gasteiger charge is 2.36. The van der Waals surface area contributed by atoms with E-state index in [-0.39, 0.29) is 19.6 Å². The van der Waals surface area contributed by atoms with Gasteiger partial charge in [-0.15, -0.1) is 0 Å². The lowest BCUT2D eigenvalue weighted by molar-refractivity contribution is -0.159. The van der Waals surface area contributed by atoms with Crippen LogP contribution < -0.4 is 0 Å². The average Bonchev–Trinajstić information content (AvgIpc) is 2.91. The molecule has 6 heteroatoms. The van der Waals surface area contributed by atoms with E-state index < -0.39 is 24.1 Å². The maximum absolute atomic E-state index is 12.4. The van der Waals surface area contributed by atoms with Crippen molar-refractivity contribution in [3.8, 4) is 0 Å². The minimum absolute atomic E-state index is 0.154. The summed E-state index contributed by atoms with van der Waals surface area (Å²) in [6, 6.07) is 8.60. The number of amides is 2. The summed E-state index contributed by atoms with van der Waals surface area (Å²) in [5.74, 6) is -1.08. The van der Waals surface area contributed by atoms with Crippen LogP contribution in [0, 0.1) is 0 Å². The molecule has 1 aromatic carbocycles. The van der Waals surface area contributed by atoms with Crippen LogP contribution in [0.5, 0.6) is 0 Å². The van der Waals surface area contributed by atoms with Crippen molar-refractivity contribution in [1.82, 2.24) is 4.90 Å². The summed E-state index contributed by atoms with van der Waals surface area (Å²) < 4.78 is 9.90. The molecule has 0 aromatic heterocycles. The third kappa shape index (κ3) is 2.96. The SMILES string of the molecule is CCC(=O)OC(C(=O)N1CCOC1=O)c1ccccc1. The summed E-state index contributed by atoms with van der Waals surface area (Å²) in [6.45, 7) is 1.97. The third-order valence-electron chi connectivity index (χ3n) is 2.89. The fourth-order valence-corrected chi connectivity index (χ4v) is 1.84. The van der Waals surface area contributed by atoms with Crippen molar-refractivity contribution in [3.63, 3.8) is 0 Å². The van der Waals surface area contributed by atoms with Crippen LogP contribution in [0.3, 0.4) is 0 Å². The van der Waals surface area contributed by atoms with Crippen molar-refractivity contribution in [2.45, 2.75) is 19.4 Å². The molecule has 0 bridgehead atoms. The molecule has 0 aliphatic carbocycles. The molecular weight excluding hydrogens is 262 g/mol. The lowest BCUT2D eigenvalue weighted by Gasteiger charge is -2.20. The second-order valence-corrected chi connectivity index (χ2v) is 4.24. The van der Waals surface area contributed by atoms with Gasteiger partial charge < -0.3 is 9.47 Å². The molecule has 0 N–H and O–H groups in total. The molecule has 1 unspecified atom stereocenters. The van der Waals surface area contributed by atoms with Crippen molar-refractivity contribution >= 4 is 18.0 Å². The van der Waals surface area contributed by atoms with Crippen molar-refractivity contribution in [2.75, 3.05) is 13.2 Å². The van der Waals surface area contributed by atoms with Gasteiger partial charge in [-0.1, -0.05) is 37.3 Å². The van der Waals surface area contributed by atoms with E-state index >= 15 is 0 Å². The highest BCUT2D eigenvalue weighted by molar-refractivity contribution is 5.96.